The highest BCUT2D eigenvalue weighted by Crippen LogP contribution is 2.32. The molecule has 29 heavy (non-hydrogen) atoms. The van der Waals surface area contributed by atoms with Crippen LogP contribution in [-0.2, 0) is 11.9 Å². The Morgan fingerprint density at radius 2 is 2.07 bits per heavy atom. The molecule has 0 unspecified atom stereocenters. The van der Waals surface area contributed by atoms with Crippen LogP contribution in [-0.4, -0.2) is 32.8 Å². The number of rotatable bonds is 6. The van der Waals surface area contributed by atoms with Crippen LogP contribution in [0.3, 0.4) is 0 Å². The molecule has 3 N–H and O–H groups in total. The average Bonchev–Trinajstić information content (AvgIpc) is 3.05. The van der Waals surface area contributed by atoms with Crippen LogP contribution < -0.4 is 10.8 Å². The summed E-state index contributed by atoms with van der Waals surface area (Å²) in [5.74, 6) is -2.34. The number of aliphatic hydroxyl groups excluding tert-OH is 1. The third-order valence-electron chi connectivity index (χ3n) is 4.20. The second-order valence-corrected chi connectivity index (χ2v) is 7.47. The Bertz CT molecular complexity index is 1080. The predicted octanol–water partition coefficient (Wildman–Crippen LogP) is 3.68. The Labute approximate surface area is 170 Å². The highest BCUT2D eigenvalue weighted by Gasteiger charge is 2.25. The number of imidazole rings is 1. The number of hydrogen-bond acceptors (Lipinski definition) is 5. The number of nitrogens with zero attached hydrogens (tertiary/aromatic N) is 2. The number of amides is 1. The number of aryl methyl sites for hydroxylation is 1. The summed E-state index contributed by atoms with van der Waals surface area (Å²) >= 11 is 5.76. The van der Waals surface area contributed by atoms with Gasteiger partial charge in [-0.05, 0) is 38.1 Å². The summed E-state index contributed by atoms with van der Waals surface area (Å²) in [4.78, 5) is 21.9. The van der Waals surface area contributed by atoms with Gasteiger partial charge in [-0.25, -0.2) is 19.2 Å². The first kappa shape index (κ1) is 21.0. The minimum atomic E-state index is -1.05. The van der Waals surface area contributed by atoms with Crippen molar-refractivity contribution in [3.05, 3.63) is 52.8 Å². The van der Waals surface area contributed by atoms with Gasteiger partial charge in [-0.1, -0.05) is 11.6 Å². The zero-order valence-electron chi connectivity index (χ0n) is 15.9. The van der Waals surface area contributed by atoms with Crippen molar-refractivity contribution in [2.24, 2.45) is 7.05 Å². The first-order valence-electron chi connectivity index (χ1n) is 8.58. The molecule has 0 radical (unpaired) electrons. The Morgan fingerprint density at radius 3 is 2.72 bits per heavy atom. The highest BCUT2D eigenvalue weighted by atomic mass is 35.5. The number of benzene rings is 2. The molecule has 0 fully saturated rings. The minimum absolute atomic E-state index is 0.0116. The van der Waals surface area contributed by atoms with Gasteiger partial charge < -0.3 is 15.0 Å². The van der Waals surface area contributed by atoms with Gasteiger partial charge in [0.1, 0.15) is 16.9 Å². The molecule has 0 spiro atoms. The van der Waals surface area contributed by atoms with E-state index in [1.807, 2.05) is 0 Å². The highest BCUT2D eigenvalue weighted by molar-refractivity contribution is 6.30. The van der Waals surface area contributed by atoms with E-state index in [1.54, 1.807) is 25.5 Å². The van der Waals surface area contributed by atoms with Gasteiger partial charge in [0, 0.05) is 12.1 Å². The lowest BCUT2D eigenvalue weighted by Crippen LogP contribution is -2.38. The van der Waals surface area contributed by atoms with E-state index in [-0.39, 0.29) is 34.1 Å². The lowest BCUT2D eigenvalue weighted by Gasteiger charge is -2.22. The fourth-order valence-corrected chi connectivity index (χ4v) is 2.68. The first-order chi connectivity index (χ1) is 13.6. The third kappa shape index (κ3) is 4.31. The number of anilines is 2. The van der Waals surface area contributed by atoms with Gasteiger partial charge in [-0.2, -0.15) is 0 Å². The molecule has 3 rings (SSSR count). The van der Waals surface area contributed by atoms with E-state index in [4.69, 9.17) is 16.4 Å². The summed E-state index contributed by atoms with van der Waals surface area (Å²) in [5.41, 5.74) is 1.02. The molecule has 7 nitrogen and oxygen atoms in total. The van der Waals surface area contributed by atoms with Crippen LogP contribution in [0.1, 0.15) is 24.2 Å². The van der Waals surface area contributed by atoms with Crippen LogP contribution in [0.2, 0.25) is 5.02 Å². The largest absolute Gasteiger partial charge is 0.393 e. The zero-order chi connectivity index (χ0) is 21.3. The fraction of sp³-hybridized carbons (Fsp3) is 0.263. The van der Waals surface area contributed by atoms with Gasteiger partial charge in [0.25, 0.3) is 5.91 Å². The van der Waals surface area contributed by atoms with E-state index < -0.39 is 23.1 Å². The van der Waals surface area contributed by atoms with Crippen LogP contribution in [0, 0.1) is 11.6 Å². The average molecular weight is 425 g/mol. The van der Waals surface area contributed by atoms with E-state index in [2.05, 4.69) is 15.8 Å². The van der Waals surface area contributed by atoms with E-state index in [0.717, 1.165) is 6.07 Å². The van der Waals surface area contributed by atoms with Crippen molar-refractivity contribution in [2.75, 3.05) is 11.9 Å². The number of nitrogens with one attached hydrogen (secondary N) is 2. The normalized spacial score (nSPS) is 11.7. The monoisotopic (exact) mass is 424 g/mol. The molecule has 0 aliphatic rings. The second-order valence-electron chi connectivity index (χ2n) is 7.04. The molecule has 0 bridgehead atoms. The second kappa shape index (κ2) is 7.94. The van der Waals surface area contributed by atoms with Crippen molar-refractivity contribution in [1.29, 1.82) is 0 Å². The van der Waals surface area contributed by atoms with Crippen molar-refractivity contribution >= 4 is 39.9 Å². The number of aliphatic hydroxyl groups is 1. The quantitative estimate of drug-likeness (QED) is 0.525. The maximum atomic E-state index is 15.2. The van der Waals surface area contributed by atoms with E-state index in [1.165, 1.54) is 24.5 Å². The maximum absolute atomic E-state index is 15.2. The number of halogens is 3. The smallest absolute Gasteiger partial charge is 0.277 e. The van der Waals surface area contributed by atoms with Crippen LogP contribution in [0.25, 0.3) is 11.0 Å². The molecule has 2 aromatic carbocycles. The molecule has 1 heterocycles. The summed E-state index contributed by atoms with van der Waals surface area (Å²) in [5, 5.41) is 12.0. The predicted molar refractivity (Wildman–Crippen MR) is 105 cm³/mol. The van der Waals surface area contributed by atoms with Crippen molar-refractivity contribution in [2.45, 2.75) is 19.4 Å². The SMILES string of the molecule is Cn1cnc2c(F)c(Nc3ccc(Cl)cc3F)c(C(=O)NOC(C)(C)CO)cc21. The Balaban J connectivity index is 2.07. The Morgan fingerprint density at radius 1 is 1.34 bits per heavy atom. The Kier molecular flexibility index (Phi) is 5.74. The molecular weight excluding hydrogens is 406 g/mol. The lowest BCUT2D eigenvalue weighted by atomic mass is 10.1. The zero-order valence-corrected chi connectivity index (χ0v) is 16.6. The van der Waals surface area contributed by atoms with Crippen LogP contribution in [0.15, 0.2) is 30.6 Å². The van der Waals surface area contributed by atoms with Gasteiger partial charge in [0.2, 0.25) is 0 Å². The standard InChI is InChI=1S/C19H19ClF2N4O3/c1-19(2,8-27)29-25-18(28)11-7-14-17(23-9-26(14)3)15(22)16(11)24-13-5-4-10(20)6-12(13)21/h4-7,9,24,27H,8H2,1-3H3,(H,25,28). The summed E-state index contributed by atoms with van der Waals surface area (Å²) in [6.07, 6.45) is 1.40. The first-order valence-corrected chi connectivity index (χ1v) is 8.95. The van der Waals surface area contributed by atoms with Gasteiger partial charge >= 0.3 is 0 Å². The minimum Gasteiger partial charge on any atom is -0.393 e. The number of fused-ring (bicyclic) bond motifs is 1. The molecule has 0 aliphatic heterocycles. The van der Waals surface area contributed by atoms with Crippen LogP contribution in [0.5, 0.6) is 0 Å². The number of aromatic nitrogens is 2. The molecule has 1 aromatic heterocycles. The number of carbonyl (C=O) groups excluding carboxylic acids is 1. The number of hydroxylamine groups is 1. The summed E-state index contributed by atoms with van der Waals surface area (Å²) in [6, 6.07) is 5.23. The molecule has 3 aromatic rings. The van der Waals surface area contributed by atoms with Crippen molar-refractivity contribution in [3.63, 3.8) is 0 Å². The summed E-state index contributed by atoms with van der Waals surface area (Å²) in [6.45, 7) is 2.75. The van der Waals surface area contributed by atoms with Crippen molar-refractivity contribution < 1.29 is 23.5 Å². The van der Waals surface area contributed by atoms with Gasteiger partial charge in [-0.15, -0.1) is 0 Å². The van der Waals surface area contributed by atoms with Crippen LogP contribution >= 0.6 is 11.6 Å². The molecule has 154 valence electrons. The number of hydrogen-bond donors (Lipinski definition) is 3. The van der Waals surface area contributed by atoms with E-state index >= 15 is 4.39 Å². The molecule has 0 aliphatic carbocycles. The Hall–Kier alpha value is -2.75. The molecule has 1 amide bonds. The third-order valence-corrected chi connectivity index (χ3v) is 4.43. The van der Waals surface area contributed by atoms with E-state index in [9.17, 15) is 14.3 Å². The van der Waals surface area contributed by atoms with Gasteiger partial charge in [0.15, 0.2) is 5.82 Å². The van der Waals surface area contributed by atoms with Crippen molar-refractivity contribution in [3.8, 4) is 0 Å². The molecule has 0 saturated carbocycles. The van der Waals surface area contributed by atoms with Crippen molar-refractivity contribution in [1.82, 2.24) is 15.0 Å². The summed E-state index contributed by atoms with van der Waals surface area (Å²) < 4.78 is 31.0. The maximum Gasteiger partial charge on any atom is 0.277 e. The molecule has 0 saturated heterocycles. The van der Waals surface area contributed by atoms with Crippen LogP contribution in [0.4, 0.5) is 20.2 Å². The van der Waals surface area contributed by atoms with Gasteiger partial charge in [-0.3, -0.25) is 9.63 Å². The van der Waals surface area contributed by atoms with Gasteiger partial charge in [0.05, 0.1) is 35.4 Å². The molecule has 10 heteroatoms. The fourth-order valence-electron chi connectivity index (χ4n) is 2.52. The lowest BCUT2D eigenvalue weighted by molar-refractivity contribution is -0.0956. The molecular formula is C19H19ClF2N4O3. The topological polar surface area (TPSA) is 88.4 Å². The number of carbonyl (C=O) groups is 1. The summed E-state index contributed by atoms with van der Waals surface area (Å²) in [7, 11) is 1.65. The van der Waals surface area contributed by atoms with E-state index in [0.29, 0.717) is 5.52 Å². The molecule has 0 atom stereocenters.